The Morgan fingerprint density at radius 3 is 2.65 bits per heavy atom. The zero-order valence-electron chi connectivity index (χ0n) is 10.3. The van der Waals surface area contributed by atoms with Crippen molar-refractivity contribution in [2.24, 2.45) is 0 Å². The van der Waals surface area contributed by atoms with Gasteiger partial charge in [0, 0.05) is 25.3 Å². The van der Waals surface area contributed by atoms with Crippen LogP contribution in [0.4, 0.5) is 24.7 Å². The van der Waals surface area contributed by atoms with Crippen LogP contribution in [0.5, 0.6) is 0 Å². The second-order valence-corrected chi connectivity index (χ2v) is 4.19. The van der Waals surface area contributed by atoms with Crippen LogP contribution in [0, 0.1) is 17.5 Å². The van der Waals surface area contributed by atoms with Gasteiger partial charge in [-0.1, -0.05) is 11.6 Å². The Hall–Kier alpha value is -1.86. The highest BCUT2D eigenvalue weighted by Gasteiger charge is 2.12. The molecule has 1 N–H and O–H groups in total. The lowest BCUT2D eigenvalue weighted by Gasteiger charge is -2.09. The Balaban J connectivity index is 2.34. The molecular formula is C12H9ClF3N3O. The van der Waals surface area contributed by atoms with Gasteiger partial charge in [0.15, 0.2) is 17.5 Å². The summed E-state index contributed by atoms with van der Waals surface area (Å²) in [6.45, 7) is 0.0925. The Bertz CT molecular complexity index is 640. The van der Waals surface area contributed by atoms with Gasteiger partial charge in [-0.3, -0.25) is 0 Å². The van der Waals surface area contributed by atoms with Gasteiger partial charge < -0.3 is 10.1 Å². The minimum absolute atomic E-state index is 0.0897. The van der Waals surface area contributed by atoms with Gasteiger partial charge in [0.1, 0.15) is 23.4 Å². The summed E-state index contributed by atoms with van der Waals surface area (Å²) in [5.74, 6) is -3.08. The minimum atomic E-state index is -1.30. The van der Waals surface area contributed by atoms with Gasteiger partial charge in [0.2, 0.25) is 0 Å². The summed E-state index contributed by atoms with van der Waals surface area (Å²) in [6, 6.07) is 2.55. The highest BCUT2D eigenvalue weighted by molar-refractivity contribution is 6.29. The molecule has 1 aromatic carbocycles. The van der Waals surface area contributed by atoms with Crippen LogP contribution >= 0.6 is 11.6 Å². The van der Waals surface area contributed by atoms with Crippen molar-refractivity contribution in [1.29, 1.82) is 0 Å². The molecule has 0 unspecified atom stereocenters. The topological polar surface area (TPSA) is 47.0 Å². The first-order valence-corrected chi connectivity index (χ1v) is 5.81. The van der Waals surface area contributed by atoms with Gasteiger partial charge in [0.25, 0.3) is 0 Å². The van der Waals surface area contributed by atoms with Gasteiger partial charge in [-0.05, 0) is 0 Å². The summed E-state index contributed by atoms with van der Waals surface area (Å²) in [4.78, 5) is 7.85. The third kappa shape index (κ3) is 3.37. The van der Waals surface area contributed by atoms with E-state index in [-0.39, 0.29) is 29.1 Å². The van der Waals surface area contributed by atoms with Crippen molar-refractivity contribution >= 4 is 23.1 Å². The summed E-state index contributed by atoms with van der Waals surface area (Å²) >= 11 is 5.77. The van der Waals surface area contributed by atoms with Crippen molar-refractivity contribution in [3.63, 3.8) is 0 Å². The van der Waals surface area contributed by atoms with Crippen LogP contribution in [0.3, 0.4) is 0 Å². The van der Waals surface area contributed by atoms with Crippen LogP contribution in [0.15, 0.2) is 18.2 Å². The molecule has 0 spiro atoms. The van der Waals surface area contributed by atoms with Gasteiger partial charge >= 0.3 is 0 Å². The fourth-order valence-electron chi connectivity index (χ4n) is 1.51. The molecule has 0 saturated heterocycles. The molecule has 0 atom stereocenters. The van der Waals surface area contributed by atoms with Crippen molar-refractivity contribution < 1.29 is 17.9 Å². The zero-order chi connectivity index (χ0) is 14.7. The summed E-state index contributed by atoms with van der Waals surface area (Å²) in [5.41, 5.74) is -0.388. The van der Waals surface area contributed by atoms with Gasteiger partial charge in [0.05, 0.1) is 5.69 Å². The van der Waals surface area contributed by atoms with E-state index in [4.69, 9.17) is 16.3 Å². The molecule has 0 aliphatic heterocycles. The largest absolute Gasteiger partial charge is 0.377 e. The highest BCUT2D eigenvalue weighted by atomic mass is 35.5. The summed E-state index contributed by atoms with van der Waals surface area (Å²) in [5, 5.41) is 2.54. The number of nitrogens with zero attached hydrogens (tertiary/aromatic N) is 2. The molecule has 0 bridgehead atoms. The third-order valence-electron chi connectivity index (χ3n) is 2.27. The Morgan fingerprint density at radius 1 is 1.20 bits per heavy atom. The van der Waals surface area contributed by atoms with Crippen molar-refractivity contribution in [2.45, 2.75) is 6.61 Å². The van der Waals surface area contributed by atoms with Crippen LogP contribution in [0.2, 0.25) is 5.15 Å². The maximum absolute atomic E-state index is 13.5. The average Bonchev–Trinajstić information content (AvgIpc) is 2.35. The molecule has 106 valence electrons. The van der Waals surface area contributed by atoms with Crippen molar-refractivity contribution in [1.82, 2.24) is 9.97 Å². The number of hydrogen-bond acceptors (Lipinski definition) is 4. The van der Waals surface area contributed by atoms with Gasteiger partial charge in [-0.2, -0.15) is 0 Å². The number of ether oxygens (including phenoxy) is 1. The lowest BCUT2D eigenvalue weighted by atomic mass is 10.3. The standard InChI is InChI=1S/C12H9ClF3N3O/c1-20-5-11-18-9(13)4-10(19-11)17-8-3-6(14)2-7(15)12(8)16/h2-4H,5H2,1H3,(H,17,18,19). The number of methoxy groups -OCH3 is 1. The lowest BCUT2D eigenvalue weighted by molar-refractivity contribution is 0.178. The summed E-state index contributed by atoms with van der Waals surface area (Å²) in [6.07, 6.45) is 0. The maximum atomic E-state index is 13.5. The van der Waals surface area contributed by atoms with E-state index >= 15 is 0 Å². The van der Waals surface area contributed by atoms with Crippen LogP contribution in [-0.4, -0.2) is 17.1 Å². The number of anilines is 2. The van der Waals surface area contributed by atoms with Gasteiger partial charge in [-0.25, -0.2) is 23.1 Å². The molecule has 2 aromatic rings. The van der Waals surface area contributed by atoms with E-state index in [0.717, 1.165) is 6.07 Å². The van der Waals surface area contributed by atoms with E-state index in [1.807, 2.05) is 0 Å². The van der Waals surface area contributed by atoms with E-state index < -0.39 is 17.5 Å². The Morgan fingerprint density at radius 2 is 1.95 bits per heavy atom. The summed E-state index contributed by atoms with van der Waals surface area (Å²) < 4.78 is 44.5. The second kappa shape index (κ2) is 6.06. The lowest BCUT2D eigenvalue weighted by Crippen LogP contribution is -2.04. The van der Waals surface area contributed by atoms with E-state index in [9.17, 15) is 13.2 Å². The number of nitrogens with one attached hydrogen (secondary N) is 1. The monoisotopic (exact) mass is 303 g/mol. The van der Waals surface area contributed by atoms with E-state index in [0.29, 0.717) is 6.07 Å². The molecule has 4 nitrogen and oxygen atoms in total. The fourth-order valence-corrected chi connectivity index (χ4v) is 1.71. The molecular weight excluding hydrogens is 295 g/mol. The number of hydrogen-bond donors (Lipinski definition) is 1. The molecule has 8 heteroatoms. The molecule has 0 aliphatic carbocycles. The number of benzene rings is 1. The Kier molecular flexibility index (Phi) is 4.41. The average molecular weight is 304 g/mol. The molecule has 1 heterocycles. The first-order valence-electron chi connectivity index (χ1n) is 5.43. The molecule has 20 heavy (non-hydrogen) atoms. The molecule has 0 aliphatic rings. The predicted molar refractivity (Wildman–Crippen MR) is 67.4 cm³/mol. The molecule has 0 saturated carbocycles. The third-order valence-corrected chi connectivity index (χ3v) is 2.46. The quantitative estimate of drug-likeness (QED) is 0.694. The second-order valence-electron chi connectivity index (χ2n) is 3.80. The molecule has 1 aromatic heterocycles. The van der Waals surface area contributed by atoms with Crippen molar-refractivity contribution in [3.05, 3.63) is 46.6 Å². The SMILES string of the molecule is COCc1nc(Cl)cc(Nc2cc(F)cc(F)c2F)n1. The van der Waals surface area contributed by atoms with Crippen LogP contribution < -0.4 is 5.32 Å². The number of halogens is 4. The first-order chi connectivity index (χ1) is 9.49. The molecule has 2 rings (SSSR count). The molecule has 0 radical (unpaired) electrons. The highest BCUT2D eigenvalue weighted by Crippen LogP contribution is 2.23. The zero-order valence-corrected chi connectivity index (χ0v) is 11.0. The van der Waals surface area contributed by atoms with Crippen LogP contribution in [-0.2, 0) is 11.3 Å². The fraction of sp³-hybridized carbons (Fsp3) is 0.167. The smallest absolute Gasteiger partial charge is 0.182 e. The van der Waals surface area contributed by atoms with E-state index in [1.165, 1.54) is 13.2 Å². The minimum Gasteiger partial charge on any atom is -0.377 e. The van der Waals surface area contributed by atoms with Crippen molar-refractivity contribution in [3.8, 4) is 0 Å². The number of rotatable bonds is 4. The van der Waals surface area contributed by atoms with E-state index in [2.05, 4.69) is 15.3 Å². The van der Waals surface area contributed by atoms with Crippen LogP contribution in [0.25, 0.3) is 0 Å². The van der Waals surface area contributed by atoms with Crippen LogP contribution in [0.1, 0.15) is 5.82 Å². The maximum Gasteiger partial charge on any atom is 0.182 e. The molecule has 0 fully saturated rings. The van der Waals surface area contributed by atoms with Gasteiger partial charge in [-0.15, -0.1) is 0 Å². The Labute approximate surface area is 117 Å². The predicted octanol–water partition coefficient (Wildman–Crippen LogP) is 3.44. The normalized spacial score (nSPS) is 10.7. The van der Waals surface area contributed by atoms with Crippen molar-refractivity contribution in [2.75, 3.05) is 12.4 Å². The molecule has 0 amide bonds. The number of aromatic nitrogens is 2. The summed E-state index contributed by atoms with van der Waals surface area (Å²) in [7, 11) is 1.44. The first kappa shape index (κ1) is 14.5. The van der Waals surface area contributed by atoms with E-state index in [1.54, 1.807) is 0 Å².